The highest BCUT2D eigenvalue weighted by Gasteiger charge is 2.25. The molecule has 1 aliphatic rings. The normalized spacial score (nSPS) is 18.4. The predicted molar refractivity (Wildman–Crippen MR) is 87.0 cm³/mol. The van der Waals surface area contributed by atoms with Gasteiger partial charge in [0.05, 0.1) is 25.0 Å². The standard InChI is InChI=1S/C15H17N7O/c16-12-7-14(20-15(17)19-12)21-5-6-23-11(9-21)10-8-18-13-3-1-2-4-22(10)13/h1-4,7-8,11H,5-6,9H2,(H4,16,17,19,20)/t11-/m1/s1. The van der Waals surface area contributed by atoms with Crippen molar-refractivity contribution < 1.29 is 4.74 Å². The molecule has 0 unspecified atom stereocenters. The monoisotopic (exact) mass is 311 g/mol. The fraction of sp³-hybridized carbons (Fsp3) is 0.267. The molecule has 0 spiro atoms. The largest absolute Gasteiger partial charge is 0.383 e. The highest BCUT2D eigenvalue weighted by atomic mass is 16.5. The summed E-state index contributed by atoms with van der Waals surface area (Å²) in [5, 5.41) is 0. The van der Waals surface area contributed by atoms with E-state index >= 15 is 0 Å². The van der Waals surface area contributed by atoms with Gasteiger partial charge in [-0.3, -0.25) is 0 Å². The predicted octanol–water partition coefficient (Wildman–Crippen LogP) is 0.867. The van der Waals surface area contributed by atoms with Gasteiger partial charge in [0.15, 0.2) is 0 Å². The van der Waals surface area contributed by atoms with Crippen molar-refractivity contribution in [3.8, 4) is 0 Å². The Kier molecular flexibility index (Phi) is 3.23. The maximum atomic E-state index is 5.93. The first-order valence-electron chi connectivity index (χ1n) is 7.39. The summed E-state index contributed by atoms with van der Waals surface area (Å²) < 4.78 is 7.97. The van der Waals surface area contributed by atoms with Crippen molar-refractivity contribution in [1.82, 2.24) is 19.4 Å². The molecule has 4 rings (SSSR count). The Bertz CT molecular complexity index is 826. The lowest BCUT2D eigenvalue weighted by Crippen LogP contribution is -2.39. The van der Waals surface area contributed by atoms with Crippen LogP contribution in [0.1, 0.15) is 11.8 Å². The lowest BCUT2D eigenvalue weighted by molar-refractivity contribution is 0.0362. The second-order valence-electron chi connectivity index (χ2n) is 5.43. The van der Waals surface area contributed by atoms with E-state index in [0.29, 0.717) is 19.0 Å². The minimum atomic E-state index is -0.0986. The van der Waals surface area contributed by atoms with Crippen LogP contribution in [0.3, 0.4) is 0 Å². The second kappa shape index (κ2) is 5.40. The summed E-state index contributed by atoms with van der Waals surface area (Å²) in [6, 6.07) is 7.64. The molecule has 1 fully saturated rings. The number of imidazole rings is 1. The van der Waals surface area contributed by atoms with Gasteiger partial charge in [0.1, 0.15) is 23.4 Å². The van der Waals surface area contributed by atoms with E-state index in [1.165, 1.54) is 0 Å². The Morgan fingerprint density at radius 2 is 2.13 bits per heavy atom. The quantitative estimate of drug-likeness (QED) is 0.723. The van der Waals surface area contributed by atoms with E-state index in [0.717, 1.165) is 23.7 Å². The average Bonchev–Trinajstić information content (AvgIpc) is 2.98. The molecule has 0 bridgehead atoms. The molecular weight excluding hydrogens is 294 g/mol. The molecule has 3 aromatic rings. The highest BCUT2D eigenvalue weighted by Crippen LogP contribution is 2.26. The average molecular weight is 311 g/mol. The number of fused-ring (bicyclic) bond motifs is 1. The van der Waals surface area contributed by atoms with Crippen molar-refractivity contribution in [1.29, 1.82) is 0 Å². The van der Waals surface area contributed by atoms with Crippen molar-refractivity contribution in [3.05, 3.63) is 42.4 Å². The van der Waals surface area contributed by atoms with Crippen LogP contribution < -0.4 is 16.4 Å². The van der Waals surface area contributed by atoms with Crippen LogP contribution in [0, 0.1) is 0 Å². The number of rotatable bonds is 2. The first-order chi connectivity index (χ1) is 11.2. The van der Waals surface area contributed by atoms with Gasteiger partial charge in [-0.15, -0.1) is 0 Å². The topological polar surface area (TPSA) is 108 Å². The van der Waals surface area contributed by atoms with Crippen LogP contribution in [-0.4, -0.2) is 39.0 Å². The zero-order valence-corrected chi connectivity index (χ0v) is 12.5. The third-order valence-corrected chi connectivity index (χ3v) is 3.92. The van der Waals surface area contributed by atoms with Crippen molar-refractivity contribution in [2.75, 3.05) is 36.1 Å². The molecule has 4 heterocycles. The molecule has 1 atom stereocenters. The summed E-state index contributed by atoms with van der Waals surface area (Å²) >= 11 is 0. The fourth-order valence-electron chi connectivity index (χ4n) is 2.86. The summed E-state index contributed by atoms with van der Waals surface area (Å²) in [4.78, 5) is 14.7. The Hall–Kier alpha value is -2.87. The number of hydrogen-bond donors (Lipinski definition) is 2. The van der Waals surface area contributed by atoms with Gasteiger partial charge < -0.3 is 25.5 Å². The molecule has 0 aromatic carbocycles. The summed E-state index contributed by atoms with van der Waals surface area (Å²) in [6.45, 7) is 1.97. The van der Waals surface area contributed by atoms with Crippen LogP contribution in [0.2, 0.25) is 0 Å². The Morgan fingerprint density at radius 3 is 3.00 bits per heavy atom. The lowest BCUT2D eigenvalue weighted by atomic mass is 10.2. The third-order valence-electron chi connectivity index (χ3n) is 3.92. The molecular formula is C15H17N7O. The smallest absolute Gasteiger partial charge is 0.223 e. The fourth-order valence-corrected chi connectivity index (χ4v) is 2.86. The van der Waals surface area contributed by atoms with Crippen LogP contribution in [0.5, 0.6) is 0 Å². The SMILES string of the molecule is Nc1cc(N2CCO[C@@H](c3cnc4ccccn34)C2)nc(N)n1. The van der Waals surface area contributed by atoms with Crippen molar-refractivity contribution in [2.24, 2.45) is 0 Å². The third kappa shape index (κ3) is 2.53. The number of nitrogens with two attached hydrogens (primary N) is 2. The Balaban J connectivity index is 1.64. The molecule has 0 aliphatic carbocycles. The van der Waals surface area contributed by atoms with Crippen molar-refractivity contribution >= 4 is 23.2 Å². The maximum absolute atomic E-state index is 5.93. The summed E-state index contributed by atoms with van der Waals surface area (Å²) in [5.41, 5.74) is 13.4. The first kappa shape index (κ1) is 13.8. The highest BCUT2D eigenvalue weighted by molar-refractivity contribution is 5.51. The lowest BCUT2D eigenvalue weighted by Gasteiger charge is -2.33. The van der Waals surface area contributed by atoms with Gasteiger partial charge in [-0.2, -0.15) is 9.97 Å². The zero-order valence-electron chi connectivity index (χ0n) is 12.5. The zero-order chi connectivity index (χ0) is 15.8. The summed E-state index contributed by atoms with van der Waals surface area (Å²) in [7, 11) is 0. The van der Waals surface area contributed by atoms with Gasteiger partial charge in [0, 0.05) is 18.8 Å². The second-order valence-corrected chi connectivity index (χ2v) is 5.43. The van der Waals surface area contributed by atoms with E-state index in [-0.39, 0.29) is 12.1 Å². The van der Waals surface area contributed by atoms with E-state index < -0.39 is 0 Å². The summed E-state index contributed by atoms with van der Waals surface area (Å²) in [6.07, 6.45) is 3.74. The van der Waals surface area contributed by atoms with Gasteiger partial charge in [0.25, 0.3) is 0 Å². The maximum Gasteiger partial charge on any atom is 0.223 e. The van der Waals surface area contributed by atoms with Crippen molar-refractivity contribution in [2.45, 2.75) is 6.10 Å². The van der Waals surface area contributed by atoms with Crippen LogP contribution >= 0.6 is 0 Å². The summed E-state index contributed by atoms with van der Waals surface area (Å²) in [5.74, 6) is 1.26. The van der Waals surface area contributed by atoms with E-state index in [1.807, 2.05) is 35.0 Å². The van der Waals surface area contributed by atoms with Gasteiger partial charge in [-0.1, -0.05) is 6.07 Å². The number of pyridine rings is 1. The van der Waals surface area contributed by atoms with E-state index in [4.69, 9.17) is 16.2 Å². The molecule has 1 aliphatic heterocycles. The molecule has 0 amide bonds. The van der Waals surface area contributed by atoms with Gasteiger partial charge in [0.2, 0.25) is 5.95 Å². The van der Waals surface area contributed by atoms with E-state index in [9.17, 15) is 0 Å². The number of ether oxygens (including phenoxy) is 1. The van der Waals surface area contributed by atoms with Gasteiger partial charge in [-0.25, -0.2) is 4.98 Å². The molecule has 1 saturated heterocycles. The first-order valence-corrected chi connectivity index (χ1v) is 7.39. The number of anilines is 3. The van der Waals surface area contributed by atoms with Crippen molar-refractivity contribution in [3.63, 3.8) is 0 Å². The minimum absolute atomic E-state index is 0.0986. The molecule has 0 saturated carbocycles. The molecule has 0 radical (unpaired) electrons. The van der Waals surface area contributed by atoms with Crippen LogP contribution in [0.4, 0.5) is 17.6 Å². The molecule has 3 aromatic heterocycles. The van der Waals surface area contributed by atoms with Gasteiger partial charge >= 0.3 is 0 Å². The van der Waals surface area contributed by atoms with Gasteiger partial charge in [-0.05, 0) is 12.1 Å². The van der Waals surface area contributed by atoms with Crippen LogP contribution in [0.25, 0.3) is 5.65 Å². The Labute approximate surface area is 132 Å². The molecule has 4 N–H and O–H groups in total. The minimum Gasteiger partial charge on any atom is -0.383 e. The Morgan fingerprint density at radius 1 is 1.22 bits per heavy atom. The van der Waals surface area contributed by atoms with Crippen LogP contribution in [-0.2, 0) is 4.74 Å². The van der Waals surface area contributed by atoms with E-state index in [2.05, 4.69) is 19.9 Å². The number of aromatic nitrogens is 4. The number of nitrogen functional groups attached to an aromatic ring is 2. The number of nitrogens with zero attached hydrogens (tertiary/aromatic N) is 5. The molecule has 118 valence electrons. The molecule has 23 heavy (non-hydrogen) atoms. The molecule has 8 nitrogen and oxygen atoms in total. The number of morpholine rings is 1. The van der Waals surface area contributed by atoms with E-state index in [1.54, 1.807) is 6.07 Å². The number of hydrogen-bond acceptors (Lipinski definition) is 7. The van der Waals surface area contributed by atoms with Crippen LogP contribution in [0.15, 0.2) is 36.7 Å². The molecule has 8 heteroatoms.